The third kappa shape index (κ3) is 4.78. The average Bonchev–Trinajstić information content (AvgIpc) is 2.59. The number of carbonyl (C=O) groups is 1. The van der Waals surface area contributed by atoms with Crippen LogP contribution in [0.1, 0.15) is 47.0 Å². The molecule has 0 bridgehead atoms. The molecule has 0 aromatic heterocycles. The van der Waals surface area contributed by atoms with Gasteiger partial charge >= 0.3 is 5.97 Å². The fourth-order valence-corrected chi connectivity index (χ4v) is 2.02. The molecule has 0 N–H and O–H groups in total. The highest BCUT2D eigenvalue weighted by Gasteiger charge is 2.39. The van der Waals surface area contributed by atoms with E-state index in [0.717, 1.165) is 19.3 Å². The minimum absolute atomic E-state index is 0.0191. The highest BCUT2D eigenvalue weighted by molar-refractivity contribution is 5.81. The van der Waals surface area contributed by atoms with E-state index in [-0.39, 0.29) is 18.2 Å². The molecule has 4 nitrogen and oxygen atoms in total. The number of rotatable bonds is 6. The molecule has 1 heterocycles. The Bertz CT molecular complexity index is 296. The van der Waals surface area contributed by atoms with E-state index < -0.39 is 5.79 Å². The number of esters is 1. The van der Waals surface area contributed by atoms with Crippen molar-refractivity contribution in [2.75, 3.05) is 6.61 Å². The molecule has 0 aliphatic carbocycles. The summed E-state index contributed by atoms with van der Waals surface area (Å²) in [7, 11) is 0. The lowest BCUT2D eigenvalue weighted by Gasteiger charge is -2.16. The van der Waals surface area contributed by atoms with Gasteiger partial charge in [0.25, 0.3) is 0 Å². The van der Waals surface area contributed by atoms with Crippen LogP contribution in [-0.2, 0) is 19.0 Å². The van der Waals surface area contributed by atoms with E-state index in [1.54, 1.807) is 13.0 Å². The predicted molar refractivity (Wildman–Crippen MR) is 69.1 cm³/mol. The van der Waals surface area contributed by atoms with E-state index in [1.165, 1.54) is 6.08 Å². The third-order valence-electron chi connectivity index (χ3n) is 2.77. The first-order valence-corrected chi connectivity index (χ1v) is 6.69. The summed E-state index contributed by atoms with van der Waals surface area (Å²) in [4.78, 5) is 11.3. The first-order valence-electron chi connectivity index (χ1n) is 6.69. The Balaban J connectivity index is 2.57. The van der Waals surface area contributed by atoms with Gasteiger partial charge in [-0.3, -0.25) is 0 Å². The molecule has 0 radical (unpaired) electrons. The van der Waals surface area contributed by atoms with Gasteiger partial charge in [0.15, 0.2) is 5.79 Å². The lowest BCUT2D eigenvalue weighted by Crippen LogP contribution is -2.21. The van der Waals surface area contributed by atoms with Crippen LogP contribution in [0.2, 0.25) is 0 Å². The Hall–Kier alpha value is -0.870. The van der Waals surface area contributed by atoms with Crippen LogP contribution < -0.4 is 0 Å². The van der Waals surface area contributed by atoms with Gasteiger partial charge in [0.05, 0.1) is 12.7 Å². The van der Waals surface area contributed by atoms with E-state index in [1.807, 2.05) is 13.8 Å². The molecular formula is C14H24O4. The van der Waals surface area contributed by atoms with Crippen LogP contribution in [0, 0.1) is 0 Å². The molecule has 0 aromatic rings. The standard InChI is InChI=1S/C14H24O4/c1-5-7-8-11-12(18-14(3,4)17-11)9-10-13(15)16-6-2/h9-12H,5-8H2,1-4H3/b10-9+/t11-,12-/m1/s1. The van der Waals surface area contributed by atoms with Gasteiger partial charge in [0.2, 0.25) is 0 Å². The maximum absolute atomic E-state index is 11.3. The predicted octanol–water partition coefficient (Wildman–Crippen LogP) is 2.82. The van der Waals surface area contributed by atoms with E-state index in [0.29, 0.717) is 6.61 Å². The number of hydrogen-bond donors (Lipinski definition) is 0. The van der Waals surface area contributed by atoms with Crippen LogP contribution in [0.15, 0.2) is 12.2 Å². The smallest absolute Gasteiger partial charge is 0.330 e. The van der Waals surface area contributed by atoms with Crippen molar-refractivity contribution in [3.05, 3.63) is 12.2 Å². The van der Waals surface area contributed by atoms with Crippen LogP contribution in [0.3, 0.4) is 0 Å². The van der Waals surface area contributed by atoms with E-state index in [4.69, 9.17) is 14.2 Å². The quantitative estimate of drug-likeness (QED) is 0.541. The van der Waals surface area contributed by atoms with Crippen LogP contribution in [0.25, 0.3) is 0 Å². The SMILES string of the molecule is CCCC[C@H]1OC(C)(C)O[C@@H]1/C=C/C(=O)OCC. The summed E-state index contributed by atoms with van der Waals surface area (Å²) >= 11 is 0. The lowest BCUT2D eigenvalue weighted by molar-refractivity contribution is -0.144. The second-order valence-corrected chi connectivity index (χ2v) is 4.89. The molecule has 2 atom stereocenters. The minimum atomic E-state index is -0.581. The van der Waals surface area contributed by atoms with Crippen LogP contribution in [0.4, 0.5) is 0 Å². The lowest BCUT2D eigenvalue weighted by atomic mass is 10.1. The average molecular weight is 256 g/mol. The van der Waals surface area contributed by atoms with Gasteiger partial charge in [-0.2, -0.15) is 0 Å². The summed E-state index contributed by atoms with van der Waals surface area (Å²) in [6, 6.07) is 0. The number of unbranched alkanes of at least 4 members (excludes halogenated alkanes) is 1. The summed E-state index contributed by atoms with van der Waals surface area (Å²) < 4.78 is 16.4. The van der Waals surface area contributed by atoms with Gasteiger partial charge in [-0.1, -0.05) is 19.8 Å². The summed E-state index contributed by atoms with van der Waals surface area (Å²) in [5.41, 5.74) is 0. The Morgan fingerprint density at radius 3 is 2.67 bits per heavy atom. The monoisotopic (exact) mass is 256 g/mol. The largest absolute Gasteiger partial charge is 0.463 e. The molecule has 0 spiro atoms. The van der Waals surface area contributed by atoms with Crippen LogP contribution in [0.5, 0.6) is 0 Å². The van der Waals surface area contributed by atoms with Gasteiger partial charge in [0.1, 0.15) is 6.10 Å². The van der Waals surface area contributed by atoms with Crippen molar-refractivity contribution in [2.45, 2.75) is 65.0 Å². The van der Waals surface area contributed by atoms with E-state index in [9.17, 15) is 4.79 Å². The highest BCUT2D eigenvalue weighted by Crippen LogP contribution is 2.31. The fourth-order valence-electron chi connectivity index (χ4n) is 2.02. The summed E-state index contributed by atoms with van der Waals surface area (Å²) in [5.74, 6) is -0.915. The molecule has 0 aromatic carbocycles. The molecule has 4 heteroatoms. The van der Waals surface area contributed by atoms with Gasteiger partial charge in [-0.25, -0.2) is 4.79 Å². The number of ether oxygens (including phenoxy) is 3. The van der Waals surface area contributed by atoms with Crippen molar-refractivity contribution < 1.29 is 19.0 Å². The first-order chi connectivity index (χ1) is 8.48. The molecule has 1 rings (SSSR count). The Labute approximate surface area is 109 Å². The van der Waals surface area contributed by atoms with Crippen LogP contribution in [-0.4, -0.2) is 30.6 Å². The Kier molecular flexibility index (Phi) is 5.82. The topological polar surface area (TPSA) is 44.8 Å². The van der Waals surface area contributed by atoms with Crippen LogP contribution >= 0.6 is 0 Å². The number of carbonyl (C=O) groups excluding carboxylic acids is 1. The third-order valence-corrected chi connectivity index (χ3v) is 2.77. The molecular weight excluding hydrogens is 232 g/mol. The second kappa shape index (κ2) is 6.90. The molecule has 0 unspecified atom stereocenters. The van der Waals surface area contributed by atoms with Gasteiger partial charge in [-0.15, -0.1) is 0 Å². The molecule has 1 aliphatic heterocycles. The summed E-state index contributed by atoms with van der Waals surface area (Å²) in [6.07, 6.45) is 6.17. The van der Waals surface area contributed by atoms with Gasteiger partial charge in [-0.05, 0) is 33.3 Å². The molecule has 0 saturated carbocycles. The minimum Gasteiger partial charge on any atom is -0.463 e. The number of hydrogen-bond acceptors (Lipinski definition) is 4. The highest BCUT2D eigenvalue weighted by atomic mass is 16.7. The molecule has 18 heavy (non-hydrogen) atoms. The summed E-state index contributed by atoms with van der Waals surface area (Å²) in [6.45, 7) is 8.10. The zero-order chi connectivity index (χ0) is 13.6. The van der Waals surface area contributed by atoms with Crippen molar-refractivity contribution >= 4 is 5.97 Å². The molecule has 1 saturated heterocycles. The Morgan fingerprint density at radius 1 is 1.33 bits per heavy atom. The normalized spacial score (nSPS) is 26.7. The molecule has 104 valence electrons. The first kappa shape index (κ1) is 15.2. The molecule has 0 amide bonds. The maximum Gasteiger partial charge on any atom is 0.330 e. The molecule has 1 fully saturated rings. The van der Waals surface area contributed by atoms with Gasteiger partial charge < -0.3 is 14.2 Å². The van der Waals surface area contributed by atoms with E-state index >= 15 is 0 Å². The van der Waals surface area contributed by atoms with Crippen molar-refractivity contribution in [3.63, 3.8) is 0 Å². The second-order valence-electron chi connectivity index (χ2n) is 4.89. The molecule has 1 aliphatic rings. The summed E-state index contributed by atoms with van der Waals surface area (Å²) in [5, 5.41) is 0. The van der Waals surface area contributed by atoms with Crippen molar-refractivity contribution in [2.24, 2.45) is 0 Å². The Morgan fingerprint density at radius 2 is 2.06 bits per heavy atom. The zero-order valence-electron chi connectivity index (χ0n) is 11.8. The van der Waals surface area contributed by atoms with Crippen molar-refractivity contribution in [1.29, 1.82) is 0 Å². The van der Waals surface area contributed by atoms with Crippen molar-refractivity contribution in [3.8, 4) is 0 Å². The van der Waals surface area contributed by atoms with Gasteiger partial charge in [0, 0.05) is 6.08 Å². The van der Waals surface area contributed by atoms with E-state index in [2.05, 4.69) is 6.92 Å². The fraction of sp³-hybridized carbons (Fsp3) is 0.786. The zero-order valence-corrected chi connectivity index (χ0v) is 11.8. The maximum atomic E-state index is 11.3. The van der Waals surface area contributed by atoms with Crippen molar-refractivity contribution in [1.82, 2.24) is 0 Å².